The van der Waals surface area contributed by atoms with Crippen LogP contribution in [0.15, 0.2) is 0 Å². The van der Waals surface area contributed by atoms with Crippen LogP contribution in [-0.2, 0) is 4.79 Å². The molecule has 2 unspecified atom stereocenters. The lowest BCUT2D eigenvalue weighted by Gasteiger charge is -2.11. The van der Waals surface area contributed by atoms with Gasteiger partial charge in [-0.3, -0.25) is 0 Å². The molecule has 86 valence electrons. The molecular weight excluding hydrogens is 201 g/mol. The zero-order valence-electron chi connectivity index (χ0n) is 8.01. The second kappa shape index (κ2) is 6.61. The highest BCUT2D eigenvalue weighted by molar-refractivity contribution is 5.73. The van der Waals surface area contributed by atoms with Crippen LogP contribution in [0.3, 0.4) is 0 Å². The van der Waals surface area contributed by atoms with Crippen molar-refractivity contribution in [3.8, 4) is 0 Å². The monoisotopic (exact) mass is 216 g/mol. The largest absolute Gasteiger partial charge is 0.490 e. The van der Waals surface area contributed by atoms with E-state index >= 15 is 0 Å². The zero-order valence-corrected chi connectivity index (χ0v) is 8.01. The molecule has 0 bridgehead atoms. The fourth-order valence-electron chi connectivity index (χ4n) is 0.372. The van der Waals surface area contributed by atoms with E-state index < -0.39 is 12.1 Å². The highest BCUT2D eigenvalue weighted by atomic mass is 19.4. The summed E-state index contributed by atoms with van der Waals surface area (Å²) in [6.45, 7) is 3.96. The van der Waals surface area contributed by atoms with Gasteiger partial charge in [-0.05, 0) is 13.3 Å². The Morgan fingerprint density at radius 2 is 1.71 bits per heavy atom. The van der Waals surface area contributed by atoms with Gasteiger partial charge in [-0.2, -0.15) is 13.2 Å². The fraction of sp³-hybridized carbons (Fsp3) is 0.857. The molecule has 0 saturated carbocycles. The van der Waals surface area contributed by atoms with Crippen LogP contribution in [0, 0.1) is 0 Å². The molecule has 14 heavy (non-hydrogen) atoms. The van der Waals surface area contributed by atoms with Crippen molar-refractivity contribution < 1.29 is 23.1 Å². The molecule has 0 aliphatic heterocycles. The third kappa shape index (κ3) is 9.27. The molecule has 0 amide bonds. The van der Waals surface area contributed by atoms with Crippen LogP contribution < -0.4 is 11.5 Å². The minimum absolute atomic E-state index is 0.144. The minimum Gasteiger partial charge on any atom is -0.475 e. The van der Waals surface area contributed by atoms with Crippen molar-refractivity contribution in [1.29, 1.82) is 0 Å². The summed E-state index contributed by atoms with van der Waals surface area (Å²) in [5, 5.41) is 7.12. The molecule has 0 aliphatic rings. The van der Waals surface area contributed by atoms with E-state index in [4.69, 9.17) is 21.4 Å². The second-order valence-electron chi connectivity index (χ2n) is 2.73. The molecule has 2 atom stereocenters. The Bertz CT molecular complexity index is 171. The molecule has 0 fully saturated rings. The number of carboxylic acid groups (broad SMARTS) is 1. The third-order valence-corrected chi connectivity index (χ3v) is 1.39. The number of aliphatic carboxylic acids is 1. The molecule has 0 radical (unpaired) electrons. The Morgan fingerprint density at radius 1 is 1.43 bits per heavy atom. The van der Waals surface area contributed by atoms with Crippen molar-refractivity contribution in [3.63, 3.8) is 0 Å². The summed E-state index contributed by atoms with van der Waals surface area (Å²) in [6, 6.07) is 0.324. The number of hydrogen-bond acceptors (Lipinski definition) is 3. The quantitative estimate of drug-likeness (QED) is 0.634. The molecule has 0 aromatic rings. The Morgan fingerprint density at radius 3 is 1.71 bits per heavy atom. The summed E-state index contributed by atoms with van der Waals surface area (Å²) < 4.78 is 31.7. The van der Waals surface area contributed by atoms with Crippen LogP contribution in [0.5, 0.6) is 0 Å². The lowest BCUT2D eigenvalue weighted by molar-refractivity contribution is -0.192. The SMILES string of the molecule is CCC(N)C(C)N.O=C(O)C(F)(F)F. The maximum absolute atomic E-state index is 10.6. The summed E-state index contributed by atoms with van der Waals surface area (Å²) in [7, 11) is 0. The molecule has 0 aromatic heterocycles. The second-order valence-corrected chi connectivity index (χ2v) is 2.73. The highest BCUT2D eigenvalue weighted by Crippen LogP contribution is 2.13. The fourth-order valence-corrected chi connectivity index (χ4v) is 0.372. The smallest absolute Gasteiger partial charge is 0.475 e. The third-order valence-electron chi connectivity index (χ3n) is 1.39. The molecule has 0 aliphatic carbocycles. The standard InChI is InChI=1S/C5H14N2.C2HF3O2/c1-3-5(7)4(2)6;3-2(4,5)1(6)7/h4-5H,3,6-7H2,1-2H3;(H,6,7). The predicted octanol–water partition coefficient (Wildman–Crippen LogP) is 0.704. The van der Waals surface area contributed by atoms with Gasteiger partial charge in [0.2, 0.25) is 0 Å². The Balaban J connectivity index is 0. The Hall–Kier alpha value is -0.820. The number of carboxylic acids is 1. The van der Waals surface area contributed by atoms with Crippen LogP contribution in [-0.4, -0.2) is 29.3 Å². The first-order chi connectivity index (χ1) is 6.12. The van der Waals surface area contributed by atoms with Crippen molar-refractivity contribution in [2.24, 2.45) is 11.5 Å². The molecule has 4 nitrogen and oxygen atoms in total. The van der Waals surface area contributed by atoms with Crippen molar-refractivity contribution in [1.82, 2.24) is 0 Å². The normalized spacial score (nSPS) is 15.1. The summed E-state index contributed by atoms with van der Waals surface area (Å²) in [5.74, 6) is -2.76. The van der Waals surface area contributed by atoms with Gasteiger partial charge in [0.25, 0.3) is 0 Å². The van der Waals surface area contributed by atoms with Crippen molar-refractivity contribution in [2.45, 2.75) is 38.5 Å². The summed E-state index contributed by atoms with van der Waals surface area (Å²) in [5.41, 5.74) is 10.9. The summed E-state index contributed by atoms with van der Waals surface area (Å²) >= 11 is 0. The number of hydrogen-bond donors (Lipinski definition) is 3. The van der Waals surface area contributed by atoms with Gasteiger partial charge in [-0.1, -0.05) is 6.92 Å². The zero-order chi connectivity index (χ0) is 11.9. The van der Waals surface area contributed by atoms with Crippen molar-refractivity contribution in [3.05, 3.63) is 0 Å². The predicted molar refractivity (Wildman–Crippen MR) is 45.6 cm³/mol. The maximum Gasteiger partial charge on any atom is 0.490 e. The van der Waals surface area contributed by atoms with E-state index in [0.717, 1.165) is 6.42 Å². The van der Waals surface area contributed by atoms with Crippen LogP contribution >= 0.6 is 0 Å². The van der Waals surface area contributed by atoms with E-state index in [1.54, 1.807) is 0 Å². The molecule has 0 rings (SSSR count). The average Bonchev–Trinajstić information content (AvgIpc) is 2.02. The number of alkyl halides is 3. The molecule has 7 heteroatoms. The van der Waals surface area contributed by atoms with Crippen LogP contribution in [0.2, 0.25) is 0 Å². The van der Waals surface area contributed by atoms with E-state index in [1.165, 1.54) is 0 Å². The van der Waals surface area contributed by atoms with E-state index in [9.17, 15) is 13.2 Å². The Kier molecular flexibility index (Phi) is 7.38. The maximum atomic E-state index is 10.6. The van der Waals surface area contributed by atoms with Crippen molar-refractivity contribution in [2.75, 3.05) is 0 Å². The number of halogens is 3. The topological polar surface area (TPSA) is 89.3 Å². The molecule has 5 N–H and O–H groups in total. The molecule has 0 heterocycles. The number of nitrogens with two attached hydrogens (primary N) is 2. The number of carbonyl (C=O) groups is 1. The first kappa shape index (κ1) is 15.6. The number of rotatable bonds is 2. The van der Waals surface area contributed by atoms with E-state index in [0.29, 0.717) is 0 Å². The van der Waals surface area contributed by atoms with Gasteiger partial charge in [0, 0.05) is 12.1 Å². The first-order valence-corrected chi connectivity index (χ1v) is 3.94. The average molecular weight is 216 g/mol. The van der Waals surface area contributed by atoms with Crippen LogP contribution in [0.1, 0.15) is 20.3 Å². The van der Waals surface area contributed by atoms with Gasteiger partial charge < -0.3 is 16.6 Å². The van der Waals surface area contributed by atoms with Gasteiger partial charge in [-0.25, -0.2) is 4.79 Å². The summed E-state index contributed by atoms with van der Waals surface area (Å²) in [6.07, 6.45) is -4.11. The van der Waals surface area contributed by atoms with Crippen LogP contribution in [0.25, 0.3) is 0 Å². The van der Waals surface area contributed by atoms with E-state index in [2.05, 4.69) is 0 Å². The van der Waals surface area contributed by atoms with Crippen molar-refractivity contribution >= 4 is 5.97 Å². The van der Waals surface area contributed by atoms with Gasteiger partial charge in [0.1, 0.15) is 0 Å². The van der Waals surface area contributed by atoms with Gasteiger partial charge >= 0.3 is 12.1 Å². The highest BCUT2D eigenvalue weighted by Gasteiger charge is 2.38. The first-order valence-electron chi connectivity index (χ1n) is 3.94. The Labute approximate surface area is 80.1 Å². The molecule has 0 saturated heterocycles. The summed E-state index contributed by atoms with van der Waals surface area (Å²) in [4.78, 5) is 8.90. The van der Waals surface area contributed by atoms with Gasteiger partial charge in [-0.15, -0.1) is 0 Å². The van der Waals surface area contributed by atoms with Gasteiger partial charge in [0.15, 0.2) is 0 Å². The van der Waals surface area contributed by atoms with E-state index in [1.807, 2.05) is 13.8 Å². The van der Waals surface area contributed by atoms with Crippen LogP contribution in [0.4, 0.5) is 13.2 Å². The minimum atomic E-state index is -5.08. The lowest BCUT2D eigenvalue weighted by atomic mass is 10.1. The van der Waals surface area contributed by atoms with Gasteiger partial charge in [0.05, 0.1) is 0 Å². The lowest BCUT2D eigenvalue weighted by Crippen LogP contribution is -2.38. The molecule has 0 aromatic carbocycles. The molecular formula is C7H15F3N2O2. The molecule has 0 spiro atoms. The van der Waals surface area contributed by atoms with E-state index in [-0.39, 0.29) is 12.1 Å².